The van der Waals surface area contributed by atoms with Gasteiger partial charge >= 0.3 is 0 Å². The van der Waals surface area contributed by atoms with Gasteiger partial charge in [-0.3, -0.25) is 5.32 Å². The van der Waals surface area contributed by atoms with Crippen molar-refractivity contribution in [3.8, 4) is 0 Å². The number of nitrogens with zero attached hydrogens (tertiary/aromatic N) is 1. The fourth-order valence-electron chi connectivity index (χ4n) is 2.17. The highest BCUT2D eigenvalue weighted by Crippen LogP contribution is 2.24. The normalized spacial score (nSPS) is 20.0. The number of rotatable bonds is 4. The van der Waals surface area contributed by atoms with Crippen molar-refractivity contribution in [3.05, 3.63) is 78.4 Å². The van der Waals surface area contributed by atoms with Gasteiger partial charge in [-0.05, 0) is 23.8 Å². The van der Waals surface area contributed by atoms with E-state index in [2.05, 4.69) is 40.4 Å². The summed E-state index contributed by atoms with van der Waals surface area (Å²) in [5, 5.41) is 6.77. The number of fused-ring (bicyclic) bond motifs is 1. The average Bonchev–Trinajstić information content (AvgIpc) is 2.54. The van der Waals surface area contributed by atoms with E-state index in [1.54, 1.807) is 6.08 Å². The lowest BCUT2D eigenvalue weighted by Crippen LogP contribution is -2.49. The molecule has 0 fully saturated rings. The molecule has 3 nitrogen and oxygen atoms in total. The molecule has 0 aliphatic carbocycles. The van der Waals surface area contributed by atoms with Crippen LogP contribution in [0.1, 0.15) is 11.1 Å². The molecule has 2 N–H and O–H groups in total. The zero-order valence-electron chi connectivity index (χ0n) is 11.1. The highest BCUT2D eigenvalue weighted by atomic mass is 15.3. The molecule has 0 aromatic heterocycles. The summed E-state index contributed by atoms with van der Waals surface area (Å²) in [4.78, 5) is 4.56. The fourth-order valence-corrected chi connectivity index (χ4v) is 2.17. The fraction of sp³-hybridized carbons (Fsp3) is 0.118. The summed E-state index contributed by atoms with van der Waals surface area (Å²) in [6, 6.07) is 19.1. The molecule has 0 spiro atoms. The summed E-state index contributed by atoms with van der Waals surface area (Å²) < 4.78 is 0. The largest absolute Gasteiger partial charge is 0.345 e. The van der Waals surface area contributed by atoms with Gasteiger partial charge in [-0.25, -0.2) is 4.99 Å². The summed E-state index contributed by atoms with van der Waals surface area (Å²) >= 11 is 0. The van der Waals surface area contributed by atoms with Gasteiger partial charge in [-0.1, -0.05) is 49.0 Å². The van der Waals surface area contributed by atoms with Crippen LogP contribution in [0.4, 0.5) is 5.69 Å². The van der Waals surface area contributed by atoms with Crippen molar-refractivity contribution in [2.75, 3.05) is 5.32 Å². The molecule has 0 amide bonds. The van der Waals surface area contributed by atoms with Crippen LogP contribution in [0.15, 0.2) is 66.2 Å². The van der Waals surface area contributed by atoms with Crippen molar-refractivity contribution >= 4 is 11.9 Å². The first-order valence-corrected chi connectivity index (χ1v) is 6.57. The molecule has 1 radical (unpaired) electrons. The quantitative estimate of drug-likeness (QED) is 0.831. The third kappa shape index (κ3) is 2.49. The van der Waals surface area contributed by atoms with Crippen molar-refractivity contribution < 1.29 is 0 Å². The minimum absolute atomic E-state index is 0.669. The summed E-state index contributed by atoms with van der Waals surface area (Å²) in [5.41, 5.74) is 3.27. The van der Waals surface area contributed by atoms with Gasteiger partial charge in [0.25, 0.3) is 0 Å². The Morgan fingerprint density at radius 3 is 2.95 bits per heavy atom. The number of anilines is 1. The Bertz CT molecular complexity index is 634. The average molecular weight is 262 g/mol. The number of hydrogen-bond donors (Lipinski definition) is 2. The van der Waals surface area contributed by atoms with Gasteiger partial charge in [-0.15, -0.1) is 0 Å². The Kier molecular flexibility index (Phi) is 3.35. The SMILES string of the molecule is C=CC1(NCc2ccccc2)N=Cc2cc[c]cc2N1. The predicted molar refractivity (Wildman–Crippen MR) is 82.7 cm³/mol. The third-order valence-corrected chi connectivity index (χ3v) is 3.33. The molecule has 2 aromatic rings. The molecular weight excluding hydrogens is 246 g/mol. The first kappa shape index (κ1) is 12.6. The van der Waals surface area contributed by atoms with Crippen LogP contribution in [-0.4, -0.2) is 12.0 Å². The highest BCUT2D eigenvalue weighted by Gasteiger charge is 2.27. The van der Waals surface area contributed by atoms with E-state index in [4.69, 9.17) is 0 Å². The van der Waals surface area contributed by atoms with E-state index < -0.39 is 5.79 Å². The maximum absolute atomic E-state index is 4.56. The van der Waals surface area contributed by atoms with E-state index in [1.807, 2.05) is 42.6 Å². The van der Waals surface area contributed by atoms with E-state index in [1.165, 1.54) is 5.56 Å². The van der Waals surface area contributed by atoms with Crippen LogP contribution in [0.2, 0.25) is 0 Å². The van der Waals surface area contributed by atoms with Crippen LogP contribution in [0.3, 0.4) is 0 Å². The second-order valence-corrected chi connectivity index (χ2v) is 4.71. The topological polar surface area (TPSA) is 36.4 Å². The molecular formula is C17H16N3. The predicted octanol–water partition coefficient (Wildman–Crippen LogP) is 2.96. The molecule has 3 rings (SSSR count). The minimum atomic E-state index is -0.669. The van der Waals surface area contributed by atoms with Crippen LogP contribution in [0.5, 0.6) is 0 Å². The van der Waals surface area contributed by atoms with E-state index >= 15 is 0 Å². The van der Waals surface area contributed by atoms with Gasteiger partial charge in [0, 0.05) is 24.0 Å². The van der Waals surface area contributed by atoms with Crippen molar-refractivity contribution in [1.29, 1.82) is 0 Å². The van der Waals surface area contributed by atoms with Crippen LogP contribution in [-0.2, 0) is 6.54 Å². The minimum Gasteiger partial charge on any atom is -0.345 e. The van der Waals surface area contributed by atoms with E-state index in [0.717, 1.165) is 11.3 Å². The van der Waals surface area contributed by atoms with Crippen molar-refractivity contribution in [1.82, 2.24) is 5.32 Å². The summed E-state index contributed by atoms with van der Waals surface area (Å²) in [6.07, 6.45) is 3.64. The van der Waals surface area contributed by atoms with Crippen molar-refractivity contribution in [3.63, 3.8) is 0 Å². The molecule has 20 heavy (non-hydrogen) atoms. The lowest BCUT2D eigenvalue weighted by atomic mass is 10.1. The molecule has 0 bridgehead atoms. The van der Waals surface area contributed by atoms with Gasteiger partial charge in [0.2, 0.25) is 5.79 Å². The van der Waals surface area contributed by atoms with E-state index in [0.29, 0.717) is 6.54 Å². The van der Waals surface area contributed by atoms with Crippen LogP contribution >= 0.6 is 0 Å². The second-order valence-electron chi connectivity index (χ2n) is 4.71. The zero-order chi connectivity index (χ0) is 13.8. The van der Waals surface area contributed by atoms with Gasteiger partial charge in [0.15, 0.2) is 0 Å². The van der Waals surface area contributed by atoms with E-state index in [9.17, 15) is 0 Å². The first-order valence-electron chi connectivity index (χ1n) is 6.57. The summed E-state index contributed by atoms with van der Waals surface area (Å²) in [7, 11) is 0. The Morgan fingerprint density at radius 2 is 2.15 bits per heavy atom. The first-order chi connectivity index (χ1) is 9.81. The molecule has 1 unspecified atom stereocenters. The van der Waals surface area contributed by atoms with Gasteiger partial charge in [-0.2, -0.15) is 0 Å². The second kappa shape index (κ2) is 5.31. The van der Waals surface area contributed by atoms with Gasteiger partial charge in [0.05, 0.1) is 0 Å². The molecule has 0 saturated heterocycles. The van der Waals surface area contributed by atoms with Crippen LogP contribution in [0.25, 0.3) is 0 Å². The molecule has 1 heterocycles. The highest BCUT2D eigenvalue weighted by molar-refractivity contribution is 5.90. The smallest absolute Gasteiger partial charge is 0.204 e. The van der Waals surface area contributed by atoms with E-state index in [-0.39, 0.29) is 0 Å². The van der Waals surface area contributed by atoms with Crippen LogP contribution < -0.4 is 10.6 Å². The van der Waals surface area contributed by atoms with Gasteiger partial charge in [0.1, 0.15) is 0 Å². The maximum Gasteiger partial charge on any atom is 0.204 e. The number of nitrogens with one attached hydrogen (secondary N) is 2. The van der Waals surface area contributed by atoms with Crippen molar-refractivity contribution in [2.45, 2.75) is 12.3 Å². The number of aliphatic imine (C=N–C) groups is 1. The molecule has 2 aromatic carbocycles. The summed E-state index contributed by atoms with van der Waals surface area (Å²) in [5.74, 6) is -0.669. The Morgan fingerprint density at radius 1 is 1.30 bits per heavy atom. The Labute approximate surface area is 119 Å². The maximum atomic E-state index is 4.56. The number of benzene rings is 2. The number of hydrogen-bond acceptors (Lipinski definition) is 3. The molecule has 3 heteroatoms. The monoisotopic (exact) mass is 262 g/mol. The van der Waals surface area contributed by atoms with Crippen molar-refractivity contribution in [2.24, 2.45) is 4.99 Å². The Hall–Kier alpha value is -2.39. The van der Waals surface area contributed by atoms with Crippen LogP contribution in [0, 0.1) is 6.07 Å². The lowest BCUT2D eigenvalue weighted by molar-refractivity contribution is 0.467. The molecule has 1 atom stereocenters. The molecule has 1 aliphatic heterocycles. The Balaban J connectivity index is 1.79. The zero-order valence-corrected chi connectivity index (χ0v) is 11.1. The third-order valence-electron chi connectivity index (χ3n) is 3.33. The molecule has 99 valence electrons. The molecule has 1 aliphatic rings. The molecule has 0 saturated carbocycles. The lowest BCUT2D eigenvalue weighted by Gasteiger charge is -2.33. The summed E-state index contributed by atoms with van der Waals surface area (Å²) in [6.45, 7) is 4.60. The standard InChI is InChI=1S/C17H16N3/c1-2-17(18-12-14-8-4-3-5-9-14)19-13-15-10-6-7-11-16(15)20-17/h2-6,8-11,13,18,20H,1,12H2. The van der Waals surface area contributed by atoms with Gasteiger partial charge < -0.3 is 5.32 Å².